The van der Waals surface area contributed by atoms with E-state index in [4.69, 9.17) is 9.47 Å². The number of aryl methyl sites for hydroxylation is 2. The third-order valence-corrected chi connectivity index (χ3v) is 4.73. The van der Waals surface area contributed by atoms with E-state index in [0.717, 1.165) is 18.4 Å². The first-order valence-electron chi connectivity index (χ1n) is 8.87. The van der Waals surface area contributed by atoms with Crippen molar-refractivity contribution in [3.05, 3.63) is 71.3 Å². The van der Waals surface area contributed by atoms with Gasteiger partial charge in [-0.05, 0) is 46.9 Å². The van der Waals surface area contributed by atoms with Crippen LogP contribution in [0.2, 0.25) is 0 Å². The molecule has 1 aliphatic rings. The van der Waals surface area contributed by atoms with Gasteiger partial charge in [-0.15, -0.1) is 0 Å². The van der Waals surface area contributed by atoms with Gasteiger partial charge in [0.1, 0.15) is 0 Å². The van der Waals surface area contributed by atoms with E-state index >= 15 is 0 Å². The SMILES string of the molecule is COc1ccccc1OCC(=O)N/N=C/c1ccc2c3c(cccc13)CC2. The Labute approximate surface area is 157 Å². The van der Waals surface area contributed by atoms with E-state index in [9.17, 15) is 4.79 Å². The number of hydrogen-bond acceptors (Lipinski definition) is 4. The summed E-state index contributed by atoms with van der Waals surface area (Å²) in [5.74, 6) is 0.774. The molecule has 0 heterocycles. The Bertz CT molecular complexity index is 1020. The van der Waals surface area contributed by atoms with Gasteiger partial charge in [-0.3, -0.25) is 4.79 Å². The van der Waals surface area contributed by atoms with Crippen molar-refractivity contribution in [3.63, 3.8) is 0 Å². The highest BCUT2D eigenvalue weighted by Crippen LogP contribution is 2.32. The average molecular weight is 360 g/mol. The third kappa shape index (κ3) is 3.49. The molecule has 5 heteroatoms. The molecule has 0 radical (unpaired) electrons. The molecule has 0 spiro atoms. The smallest absolute Gasteiger partial charge is 0.277 e. The Hall–Kier alpha value is -3.34. The van der Waals surface area contributed by atoms with Gasteiger partial charge in [0, 0.05) is 5.56 Å². The van der Waals surface area contributed by atoms with E-state index in [1.54, 1.807) is 25.5 Å². The molecule has 0 fully saturated rings. The van der Waals surface area contributed by atoms with Crippen molar-refractivity contribution in [2.75, 3.05) is 13.7 Å². The highest BCUT2D eigenvalue weighted by molar-refractivity contribution is 6.03. The summed E-state index contributed by atoms with van der Waals surface area (Å²) in [6, 6.07) is 17.7. The highest BCUT2D eigenvalue weighted by Gasteiger charge is 2.15. The molecular weight excluding hydrogens is 340 g/mol. The van der Waals surface area contributed by atoms with Crippen LogP contribution in [0.25, 0.3) is 10.8 Å². The van der Waals surface area contributed by atoms with Crippen LogP contribution in [0.5, 0.6) is 11.5 Å². The van der Waals surface area contributed by atoms with E-state index in [2.05, 4.69) is 34.8 Å². The number of ether oxygens (including phenoxy) is 2. The lowest BCUT2D eigenvalue weighted by atomic mass is 10.0. The summed E-state index contributed by atoms with van der Waals surface area (Å²) in [5.41, 5.74) is 6.27. The number of carbonyl (C=O) groups is 1. The molecular formula is C22H20N2O3. The largest absolute Gasteiger partial charge is 0.493 e. The van der Waals surface area contributed by atoms with Gasteiger partial charge in [-0.2, -0.15) is 5.10 Å². The molecule has 0 saturated carbocycles. The van der Waals surface area contributed by atoms with Crippen LogP contribution >= 0.6 is 0 Å². The fraction of sp³-hybridized carbons (Fsp3) is 0.182. The zero-order valence-corrected chi connectivity index (χ0v) is 15.1. The molecule has 0 aromatic heterocycles. The molecule has 0 unspecified atom stereocenters. The maximum absolute atomic E-state index is 12.0. The molecule has 0 bridgehead atoms. The average Bonchev–Trinajstić information content (AvgIpc) is 3.13. The van der Waals surface area contributed by atoms with Crippen molar-refractivity contribution >= 4 is 22.9 Å². The molecule has 136 valence electrons. The van der Waals surface area contributed by atoms with Gasteiger partial charge >= 0.3 is 0 Å². The molecule has 1 aliphatic carbocycles. The molecule has 1 N–H and O–H groups in total. The first-order chi connectivity index (χ1) is 13.3. The summed E-state index contributed by atoms with van der Waals surface area (Å²) in [5, 5.41) is 6.59. The second kappa shape index (κ2) is 7.50. The Morgan fingerprint density at radius 3 is 2.63 bits per heavy atom. The fourth-order valence-corrected chi connectivity index (χ4v) is 3.47. The van der Waals surface area contributed by atoms with E-state index in [1.807, 2.05) is 18.2 Å². The first kappa shape index (κ1) is 17.1. The lowest BCUT2D eigenvalue weighted by Gasteiger charge is -2.09. The minimum atomic E-state index is -0.330. The number of hydrogen-bond donors (Lipinski definition) is 1. The van der Waals surface area contributed by atoms with E-state index < -0.39 is 0 Å². The zero-order valence-electron chi connectivity index (χ0n) is 15.1. The van der Waals surface area contributed by atoms with Gasteiger partial charge in [0.15, 0.2) is 18.1 Å². The standard InChI is InChI=1S/C22H20N2O3/c1-26-19-7-2-3-8-20(19)27-14-21(25)24-23-13-17-12-11-16-10-9-15-5-4-6-18(17)22(15)16/h2-8,11-13H,9-10,14H2,1H3,(H,24,25)/b23-13+. The second-order valence-corrected chi connectivity index (χ2v) is 6.39. The Balaban J connectivity index is 1.41. The number of hydrazone groups is 1. The van der Waals surface area contributed by atoms with Crippen molar-refractivity contribution in [2.24, 2.45) is 5.10 Å². The third-order valence-electron chi connectivity index (χ3n) is 4.73. The molecule has 5 nitrogen and oxygen atoms in total. The Kier molecular flexibility index (Phi) is 4.75. The molecule has 3 aromatic carbocycles. The van der Waals surface area contributed by atoms with Crippen LogP contribution in [0.4, 0.5) is 0 Å². The van der Waals surface area contributed by atoms with Crippen molar-refractivity contribution < 1.29 is 14.3 Å². The quantitative estimate of drug-likeness (QED) is 0.541. The van der Waals surface area contributed by atoms with Crippen LogP contribution in [0, 0.1) is 0 Å². The molecule has 0 atom stereocenters. The number of methoxy groups -OCH3 is 1. The minimum Gasteiger partial charge on any atom is -0.493 e. The van der Waals surface area contributed by atoms with Gasteiger partial charge in [0.2, 0.25) is 0 Å². The number of benzene rings is 3. The summed E-state index contributed by atoms with van der Waals surface area (Å²) in [6.45, 7) is -0.137. The van der Waals surface area contributed by atoms with Crippen LogP contribution in [-0.2, 0) is 17.6 Å². The first-order valence-corrected chi connectivity index (χ1v) is 8.87. The lowest BCUT2D eigenvalue weighted by molar-refractivity contribution is -0.123. The number of carbonyl (C=O) groups excluding carboxylic acids is 1. The number of nitrogens with one attached hydrogen (secondary N) is 1. The maximum atomic E-state index is 12.0. The predicted octanol–water partition coefficient (Wildman–Crippen LogP) is 3.48. The van der Waals surface area contributed by atoms with Gasteiger partial charge in [-0.25, -0.2) is 5.43 Å². The van der Waals surface area contributed by atoms with Crippen molar-refractivity contribution in [1.29, 1.82) is 0 Å². The molecule has 0 aliphatic heterocycles. The molecule has 0 saturated heterocycles. The van der Waals surface area contributed by atoms with E-state index in [1.165, 1.54) is 21.9 Å². The molecule has 4 rings (SSSR count). The Morgan fingerprint density at radius 1 is 1.04 bits per heavy atom. The van der Waals surface area contributed by atoms with Crippen molar-refractivity contribution in [2.45, 2.75) is 12.8 Å². The number of nitrogens with zero attached hydrogens (tertiary/aromatic N) is 1. The summed E-state index contributed by atoms with van der Waals surface area (Å²) in [6.07, 6.45) is 3.86. The number of amides is 1. The number of rotatable bonds is 6. The van der Waals surface area contributed by atoms with E-state index in [0.29, 0.717) is 11.5 Å². The molecule has 27 heavy (non-hydrogen) atoms. The van der Waals surface area contributed by atoms with Gasteiger partial charge in [-0.1, -0.05) is 42.5 Å². The van der Waals surface area contributed by atoms with Crippen molar-refractivity contribution in [1.82, 2.24) is 5.43 Å². The summed E-state index contributed by atoms with van der Waals surface area (Å²) >= 11 is 0. The molecule has 1 amide bonds. The van der Waals surface area contributed by atoms with Gasteiger partial charge < -0.3 is 9.47 Å². The number of para-hydroxylation sites is 2. The van der Waals surface area contributed by atoms with Crippen LogP contribution in [0.3, 0.4) is 0 Å². The fourth-order valence-electron chi connectivity index (χ4n) is 3.47. The second-order valence-electron chi connectivity index (χ2n) is 6.39. The van der Waals surface area contributed by atoms with Crippen LogP contribution in [0.1, 0.15) is 16.7 Å². The predicted molar refractivity (Wildman–Crippen MR) is 106 cm³/mol. The van der Waals surface area contributed by atoms with Crippen molar-refractivity contribution in [3.8, 4) is 11.5 Å². The monoisotopic (exact) mass is 360 g/mol. The van der Waals surface area contributed by atoms with Gasteiger partial charge in [0.05, 0.1) is 13.3 Å². The molecule has 3 aromatic rings. The lowest BCUT2D eigenvalue weighted by Crippen LogP contribution is -2.24. The summed E-state index contributed by atoms with van der Waals surface area (Å²) in [4.78, 5) is 12.0. The van der Waals surface area contributed by atoms with E-state index in [-0.39, 0.29) is 12.5 Å². The topological polar surface area (TPSA) is 59.9 Å². The summed E-state index contributed by atoms with van der Waals surface area (Å²) in [7, 11) is 1.56. The highest BCUT2D eigenvalue weighted by atomic mass is 16.5. The van der Waals surface area contributed by atoms with Crippen LogP contribution in [0.15, 0.2) is 59.7 Å². The van der Waals surface area contributed by atoms with Gasteiger partial charge in [0.25, 0.3) is 5.91 Å². The summed E-state index contributed by atoms with van der Waals surface area (Å²) < 4.78 is 10.7. The van der Waals surface area contributed by atoms with Crippen LogP contribution < -0.4 is 14.9 Å². The maximum Gasteiger partial charge on any atom is 0.277 e. The zero-order chi connectivity index (χ0) is 18.6. The minimum absolute atomic E-state index is 0.137. The van der Waals surface area contributed by atoms with Crippen LogP contribution in [-0.4, -0.2) is 25.8 Å². The Morgan fingerprint density at radius 2 is 1.81 bits per heavy atom. The normalized spacial score (nSPS) is 12.5.